The van der Waals surface area contributed by atoms with E-state index in [4.69, 9.17) is 4.74 Å². The van der Waals surface area contributed by atoms with Gasteiger partial charge >= 0.3 is 0 Å². The van der Waals surface area contributed by atoms with Crippen LogP contribution >= 0.6 is 0 Å². The van der Waals surface area contributed by atoms with Crippen LogP contribution in [0.25, 0.3) is 10.9 Å². The van der Waals surface area contributed by atoms with Gasteiger partial charge < -0.3 is 20.3 Å². The normalized spacial score (nSPS) is 17.0. The predicted octanol–water partition coefficient (Wildman–Crippen LogP) is 2.65. The molecule has 2 heterocycles. The highest BCUT2D eigenvalue weighted by atomic mass is 19.1. The lowest BCUT2D eigenvalue weighted by molar-refractivity contribution is 0.0518. The number of benzene rings is 2. The Morgan fingerprint density at radius 3 is 2.32 bits per heavy atom. The number of piperazine rings is 1. The molecule has 1 aliphatic rings. The minimum Gasteiger partial charge on any atom is -0.497 e. The fourth-order valence-corrected chi connectivity index (χ4v) is 4.32. The van der Waals surface area contributed by atoms with Gasteiger partial charge in [0.1, 0.15) is 17.4 Å². The van der Waals surface area contributed by atoms with Crippen LogP contribution in [0.4, 0.5) is 14.5 Å². The molecule has 7 nitrogen and oxygen atoms in total. The van der Waals surface area contributed by atoms with Gasteiger partial charge in [-0.2, -0.15) is 0 Å². The molecule has 4 rings (SSSR count). The van der Waals surface area contributed by atoms with Crippen LogP contribution in [0.3, 0.4) is 0 Å². The number of β-amino-alcohol motifs (C(OH)–C–C–N with tert-alkyl or cyclic N) is 2. The van der Waals surface area contributed by atoms with Gasteiger partial charge in [0.15, 0.2) is 0 Å². The fraction of sp³-hybridized carbons (Fsp3) is 0.400. The first-order valence-electron chi connectivity index (χ1n) is 11.3. The molecule has 9 heteroatoms. The van der Waals surface area contributed by atoms with Crippen LogP contribution in [0.5, 0.6) is 5.75 Å². The molecule has 0 unspecified atom stereocenters. The van der Waals surface area contributed by atoms with Crippen molar-refractivity contribution in [1.82, 2.24) is 14.8 Å². The van der Waals surface area contributed by atoms with E-state index < -0.39 is 23.8 Å². The summed E-state index contributed by atoms with van der Waals surface area (Å²) in [4.78, 5) is 8.72. The molecule has 0 aliphatic carbocycles. The zero-order valence-corrected chi connectivity index (χ0v) is 19.1. The van der Waals surface area contributed by atoms with Crippen molar-refractivity contribution in [3.05, 3.63) is 65.9 Å². The Labute approximate surface area is 197 Å². The quantitative estimate of drug-likeness (QED) is 0.442. The monoisotopic (exact) mass is 472 g/mol. The summed E-state index contributed by atoms with van der Waals surface area (Å²) in [6.07, 6.45) is 0.367. The topological polar surface area (TPSA) is 81.1 Å². The molecule has 2 aromatic carbocycles. The van der Waals surface area contributed by atoms with Gasteiger partial charge in [-0.25, -0.2) is 8.78 Å². The predicted molar refractivity (Wildman–Crippen MR) is 127 cm³/mol. The molecule has 0 bridgehead atoms. The number of aromatic nitrogens is 1. The second-order valence-electron chi connectivity index (χ2n) is 8.59. The highest BCUT2D eigenvalue weighted by Gasteiger charge is 2.22. The zero-order chi connectivity index (χ0) is 24.1. The summed E-state index contributed by atoms with van der Waals surface area (Å²) in [6.45, 7) is 4.18. The smallest absolute Gasteiger partial charge is 0.128 e. The third-order valence-corrected chi connectivity index (χ3v) is 6.11. The van der Waals surface area contributed by atoms with Crippen LogP contribution in [0.15, 0.2) is 48.7 Å². The molecule has 1 aromatic heterocycles. The van der Waals surface area contributed by atoms with E-state index in [1.165, 1.54) is 12.1 Å². The van der Waals surface area contributed by atoms with E-state index in [1.807, 2.05) is 24.3 Å². The summed E-state index contributed by atoms with van der Waals surface area (Å²) in [7, 11) is 1.61. The van der Waals surface area contributed by atoms with Gasteiger partial charge in [-0.3, -0.25) is 14.8 Å². The van der Waals surface area contributed by atoms with Crippen LogP contribution in [0.1, 0.15) is 11.7 Å². The van der Waals surface area contributed by atoms with Gasteiger partial charge in [-0.05, 0) is 42.0 Å². The molecule has 2 atom stereocenters. The van der Waals surface area contributed by atoms with E-state index in [1.54, 1.807) is 13.3 Å². The van der Waals surface area contributed by atoms with E-state index in [0.717, 1.165) is 54.5 Å². The van der Waals surface area contributed by atoms with Gasteiger partial charge in [-0.15, -0.1) is 0 Å². The number of hydrogen-bond donors (Lipinski definition) is 3. The third kappa shape index (κ3) is 6.18. The number of aliphatic hydroxyl groups is 2. The molecule has 182 valence electrons. The minimum absolute atomic E-state index is 0.195. The highest BCUT2D eigenvalue weighted by Crippen LogP contribution is 2.27. The maximum atomic E-state index is 13.3. The number of rotatable bonds is 9. The minimum atomic E-state index is -0.679. The van der Waals surface area contributed by atoms with Crippen LogP contribution in [-0.2, 0) is 0 Å². The van der Waals surface area contributed by atoms with Crippen molar-refractivity contribution in [2.45, 2.75) is 12.2 Å². The van der Waals surface area contributed by atoms with E-state index in [2.05, 4.69) is 20.1 Å². The number of aliphatic hydroxyl groups excluding tert-OH is 2. The van der Waals surface area contributed by atoms with E-state index >= 15 is 0 Å². The van der Waals surface area contributed by atoms with E-state index in [9.17, 15) is 19.0 Å². The number of halogens is 2. The van der Waals surface area contributed by atoms with Crippen LogP contribution in [0, 0.1) is 11.6 Å². The summed E-state index contributed by atoms with van der Waals surface area (Å²) in [5, 5.41) is 25.0. The number of pyridine rings is 1. The lowest BCUT2D eigenvalue weighted by Crippen LogP contribution is -2.50. The first-order valence-corrected chi connectivity index (χ1v) is 11.3. The van der Waals surface area contributed by atoms with Crippen molar-refractivity contribution < 1.29 is 23.7 Å². The van der Waals surface area contributed by atoms with Crippen molar-refractivity contribution in [3.8, 4) is 5.75 Å². The second kappa shape index (κ2) is 11.1. The van der Waals surface area contributed by atoms with Crippen LogP contribution < -0.4 is 10.1 Å². The molecule has 34 heavy (non-hydrogen) atoms. The summed E-state index contributed by atoms with van der Waals surface area (Å²) in [6, 6.07) is 10.7. The van der Waals surface area contributed by atoms with Gasteiger partial charge in [0.25, 0.3) is 0 Å². The summed E-state index contributed by atoms with van der Waals surface area (Å²) < 4.78 is 31.9. The summed E-state index contributed by atoms with van der Waals surface area (Å²) in [5.41, 5.74) is 1.93. The lowest BCUT2D eigenvalue weighted by atomic mass is 10.0. The summed E-state index contributed by atoms with van der Waals surface area (Å²) in [5.74, 6) is -0.596. The zero-order valence-electron chi connectivity index (χ0n) is 19.1. The molecule has 3 N–H and O–H groups in total. The second-order valence-corrected chi connectivity index (χ2v) is 8.59. The Morgan fingerprint density at radius 2 is 1.65 bits per heavy atom. The van der Waals surface area contributed by atoms with Gasteiger partial charge in [-0.1, -0.05) is 0 Å². The molecule has 0 amide bonds. The van der Waals surface area contributed by atoms with Crippen molar-refractivity contribution in [2.75, 3.05) is 58.2 Å². The molecule has 0 radical (unpaired) electrons. The Hall–Kier alpha value is -2.85. The third-order valence-electron chi connectivity index (χ3n) is 6.11. The SMILES string of the molecule is COc1ccc2nccc([C@@H](O)CN3CCN(C[C@H](O)CNc4cc(F)cc(F)c4)CC3)c2c1. The highest BCUT2D eigenvalue weighted by molar-refractivity contribution is 5.83. The van der Waals surface area contributed by atoms with Crippen molar-refractivity contribution in [2.24, 2.45) is 0 Å². The molecular formula is C25H30F2N4O3. The molecule has 1 aliphatic heterocycles. The number of fused-ring (bicyclic) bond motifs is 1. The van der Waals surface area contributed by atoms with Crippen molar-refractivity contribution in [3.63, 3.8) is 0 Å². The first kappa shape index (κ1) is 24.3. The van der Waals surface area contributed by atoms with Crippen molar-refractivity contribution in [1.29, 1.82) is 0 Å². The number of anilines is 1. The van der Waals surface area contributed by atoms with Gasteiger partial charge in [0.2, 0.25) is 0 Å². The Kier molecular flexibility index (Phi) is 7.89. The fourth-order valence-electron chi connectivity index (χ4n) is 4.32. The number of methoxy groups -OCH3 is 1. The number of hydrogen-bond acceptors (Lipinski definition) is 7. The standard InChI is InChI=1S/C25H30F2N4O3/c1-34-21-2-3-24-23(13-21)22(4-5-28-24)25(33)16-31-8-6-30(7-9-31)15-20(32)14-29-19-11-17(26)10-18(27)12-19/h2-5,10-13,20,25,29,32-33H,6-9,14-16H2,1H3/t20-,25+/m1/s1. The molecule has 0 spiro atoms. The number of nitrogens with zero attached hydrogens (tertiary/aromatic N) is 3. The molecular weight excluding hydrogens is 442 g/mol. The van der Waals surface area contributed by atoms with Gasteiger partial charge in [0, 0.05) is 69.2 Å². The average Bonchev–Trinajstić information content (AvgIpc) is 2.82. The lowest BCUT2D eigenvalue weighted by Gasteiger charge is -2.36. The Balaban J connectivity index is 1.26. The first-order chi connectivity index (χ1) is 16.4. The summed E-state index contributed by atoms with van der Waals surface area (Å²) >= 11 is 0. The van der Waals surface area contributed by atoms with Crippen LogP contribution in [0.2, 0.25) is 0 Å². The van der Waals surface area contributed by atoms with Gasteiger partial charge in [0.05, 0.1) is 24.8 Å². The Bertz CT molecular complexity index is 1090. The number of ether oxygens (including phenoxy) is 1. The maximum Gasteiger partial charge on any atom is 0.128 e. The molecule has 3 aromatic rings. The van der Waals surface area contributed by atoms with Crippen LogP contribution in [-0.4, -0.2) is 84.0 Å². The molecule has 1 fully saturated rings. The maximum absolute atomic E-state index is 13.3. The van der Waals surface area contributed by atoms with E-state index in [0.29, 0.717) is 18.8 Å². The largest absolute Gasteiger partial charge is 0.497 e. The Morgan fingerprint density at radius 1 is 0.971 bits per heavy atom. The number of nitrogens with one attached hydrogen (secondary N) is 1. The van der Waals surface area contributed by atoms with E-state index in [-0.39, 0.29) is 6.54 Å². The average molecular weight is 473 g/mol. The molecule has 0 saturated carbocycles. The van der Waals surface area contributed by atoms with Crippen molar-refractivity contribution >= 4 is 16.6 Å². The molecule has 1 saturated heterocycles.